The molecule has 0 radical (unpaired) electrons. The predicted molar refractivity (Wildman–Crippen MR) is 54.2 cm³/mol. The number of nitrogens with one attached hydrogen (secondary N) is 2. The molecular formula is C10H11N5. The van der Waals surface area contributed by atoms with Crippen LogP contribution < -0.4 is 5.32 Å². The molecule has 0 amide bonds. The van der Waals surface area contributed by atoms with Crippen molar-refractivity contribution < 1.29 is 0 Å². The van der Waals surface area contributed by atoms with Gasteiger partial charge in [0.1, 0.15) is 6.33 Å². The summed E-state index contributed by atoms with van der Waals surface area (Å²) in [4.78, 5) is 15.7. The Bertz CT molecular complexity index is 450. The number of nitrogens with zero attached hydrogens (tertiary/aromatic N) is 3. The highest BCUT2D eigenvalue weighted by Crippen LogP contribution is 2.23. The van der Waals surface area contributed by atoms with E-state index >= 15 is 0 Å². The summed E-state index contributed by atoms with van der Waals surface area (Å²) in [6.07, 6.45) is 6.06. The maximum absolute atomic E-state index is 4.34. The Hall–Kier alpha value is -1.75. The van der Waals surface area contributed by atoms with E-state index in [9.17, 15) is 0 Å². The maximum atomic E-state index is 4.34. The SMILES string of the molecule is c1cc(C2NCCc3[nH]cnc32)ncn1. The van der Waals surface area contributed by atoms with Gasteiger partial charge in [-0.3, -0.25) is 0 Å². The summed E-state index contributed by atoms with van der Waals surface area (Å²) in [6, 6.07) is 2.02. The second-order valence-electron chi connectivity index (χ2n) is 3.54. The van der Waals surface area contributed by atoms with Crippen molar-refractivity contribution in [1.82, 2.24) is 25.3 Å². The standard InChI is InChI=1S/C10H11N5/c1-3-11-5-13-7(1)9-10-8(2-4-12-9)14-6-15-10/h1,3,5-6,9,12H,2,4H2,(H,14,15). The van der Waals surface area contributed by atoms with Crippen molar-refractivity contribution in [3.63, 3.8) is 0 Å². The van der Waals surface area contributed by atoms with Crippen LogP contribution in [0.25, 0.3) is 0 Å². The van der Waals surface area contributed by atoms with Gasteiger partial charge in [0.15, 0.2) is 0 Å². The Morgan fingerprint density at radius 2 is 2.33 bits per heavy atom. The van der Waals surface area contributed by atoms with Crippen molar-refractivity contribution in [1.29, 1.82) is 0 Å². The van der Waals surface area contributed by atoms with E-state index in [4.69, 9.17) is 0 Å². The maximum Gasteiger partial charge on any atom is 0.115 e. The van der Waals surface area contributed by atoms with Crippen molar-refractivity contribution in [2.75, 3.05) is 6.54 Å². The molecule has 0 aliphatic carbocycles. The van der Waals surface area contributed by atoms with E-state index in [1.807, 2.05) is 6.07 Å². The molecule has 1 aliphatic heterocycles. The minimum Gasteiger partial charge on any atom is -0.348 e. The third-order valence-electron chi connectivity index (χ3n) is 2.65. The Kier molecular flexibility index (Phi) is 1.96. The monoisotopic (exact) mass is 201 g/mol. The van der Waals surface area contributed by atoms with Crippen molar-refractivity contribution in [3.05, 3.63) is 42.0 Å². The highest BCUT2D eigenvalue weighted by atomic mass is 15.0. The van der Waals surface area contributed by atoms with Crippen LogP contribution in [0.3, 0.4) is 0 Å². The van der Waals surface area contributed by atoms with Gasteiger partial charge in [-0.15, -0.1) is 0 Å². The first kappa shape index (κ1) is 8.55. The van der Waals surface area contributed by atoms with Gasteiger partial charge in [0.05, 0.1) is 23.8 Å². The lowest BCUT2D eigenvalue weighted by molar-refractivity contribution is 0.542. The van der Waals surface area contributed by atoms with Crippen molar-refractivity contribution in [3.8, 4) is 0 Å². The second-order valence-corrected chi connectivity index (χ2v) is 3.54. The molecule has 0 bridgehead atoms. The van der Waals surface area contributed by atoms with Crippen molar-refractivity contribution >= 4 is 0 Å². The van der Waals surface area contributed by atoms with Crippen LogP contribution in [0, 0.1) is 0 Å². The van der Waals surface area contributed by atoms with E-state index in [2.05, 4.69) is 25.3 Å². The largest absolute Gasteiger partial charge is 0.348 e. The number of hydrogen-bond acceptors (Lipinski definition) is 4. The van der Waals surface area contributed by atoms with Crippen LogP contribution in [0.15, 0.2) is 24.9 Å². The second kappa shape index (κ2) is 3.43. The van der Waals surface area contributed by atoms with Crippen LogP contribution >= 0.6 is 0 Å². The Labute approximate surface area is 87.0 Å². The van der Waals surface area contributed by atoms with Crippen LogP contribution in [-0.2, 0) is 6.42 Å². The zero-order valence-corrected chi connectivity index (χ0v) is 8.14. The number of hydrogen-bond donors (Lipinski definition) is 2. The topological polar surface area (TPSA) is 66.5 Å². The average Bonchev–Trinajstić information content (AvgIpc) is 2.78. The van der Waals surface area contributed by atoms with Gasteiger partial charge in [-0.05, 0) is 6.07 Å². The third kappa shape index (κ3) is 1.41. The smallest absolute Gasteiger partial charge is 0.115 e. The fraction of sp³-hybridized carbons (Fsp3) is 0.300. The molecule has 5 heteroatoms. The molecule has 1 atom stereocenters. The number of rotatable bonds is 1. The number of fused-ring (bicyclic) bond motifs is 1. The fourth-order valence-electron chi connectivity index (χ4n) is 1.94. The van der Waals surface area contributed by atoms with Crippen molar-refractivity contribution in [2.45, 2.75) is 12.5 Å². The highest BCUT2D eigenvalue weighted by Gasteiger charge is 2.24. The number of imidazole rings is 1. The van der Waals surface area contributed by atoms with Gasteiger partial charge in [-0.1, -0.05) is 0 Å². The highest BCUT2D eigenvalue weighted by molar-refractivity contribution is 5.27. The Balaban J connectivity index is 2.03. The molecule has 0 saturated carbocycles. The molecular weight excluding hydrogens is 190 g/mol. The van der Waals surface area contributed by atoms with Gasteiger partial charge < -0.3 is 10.3 Å². The van der Waals surface area contributed by atoms with Gasteiger partial charge in [0, 0.05) is 24.9 Å². The summed E-state index contributed by atoms with van der Waals surface area (Å²) < 4.78 is 0. The minimum absolute atomic E-state index is 0.1000. The van der Waals surface area contributed by atoms with E-state index in [0.29, 0.717) is 0 Å². The van der Waals surface area contributed by atoms with Gasteiger partial charge in [-0.25, -0.2) is 15.0 Å². The van der Waals surface area contributed by atoms with E-state index in [-0.39, 0.29) is 6.04 Å². The number of aromatic nitrogens is 4. The molecule has 0 spiro atoms. The van der Waals surface area contributed by atoms with Gasteiger partial charge in [0.25, 0.3) is 0 Å². The van der Waals surface area contributed by atoms with Crippen LogP contribution in [0.2, 0.25) is 0 Å². The van der Waals surface area contributed by atoms with E-state index in [1.165, 1.54) is 5.69 Å². The van der Waals surface area contributed by atoms with Crippen LogP contribution in [0.4, 0.5) is 0 Å². The van der Waals surface area contributed by atoms with E-state index in [1.54, 1.807) is 18.9 Å². The summed E-state index contributed by atoms with van der Waals surface area (Å²) in [5.41, 5.74) is 3.23. The summed E-state index contributed by atoms with van der Waals surface area (Å²) in [5.74, 6) is 0. The fourth-order valence-corrected chi connectivity index (χ4v) is 1.94. The van der Waals surface area contributed by atoms with Crippen LogP contribution in [0.1, 0.15) is 23.1 Å². The molecule has 5 nitrogen and oxygen atoms in total. The lowest BCUT2D eigenvalue weighted by Gasteiger charge is -2.22. The predicted octanol–water partition coefficient (Wildman–Crippen LogP) is 0.435. The molecule has 3 heterocycles. The Morgan fingerprint density at radius 3 is 3.20 bits per heavy atom. The molecule has 3 rings (SSSR count). The van der Waals surface area contributed by atoms with E-state index in [0.717, 1.165) is 24.4 Å². The molecule has 0 saturated heterocycles. The molecule has 0 aromatic carbocycles. The molecule has 1 unspecified atom stereocenters. The average molecular weight is 201 g/mol. The lowest BCUT2D eigenvalue weighted by atomic mass is 10.0. The zero-order valence-electron chi connectivity index (χ0n) is 8.14. The molecule has 2 N–H and O–H groups in total. The molecule has 2 aromatic rings. The van der Waals surface area contributed by atoms with Crippen molar-refractivity contribution in [2.24, 2.45) is 0 Å². The summed E-state index contributed by atoms with van der Waals surface area (Å²) in [7, 11) is 0. The molecule has 15 heavy (non-hydrogen) atoms. The van der Waals surface area contributed by atoms with Gasteiger partial charge in [-0.2, -0.15) is 0 Å². The summed E-state index contributed by atoms with van der Waals surface area (Å²) in [6.45, 7) is 0.948. The molecule has 2 aromatic heterocycles. The van der Waals surface area contributed by atoms with Crippen LogP contribution in [-0.4, -0.2) is 26.5 Å². The minimum atomic E-state index is 0.1000. The number of aromatic amines is 1. The Morgan fingerprint density at radius 1 is 1.33 bits per heavy atom. The molecule has 76 valence electrons. The number of H-pyrrole nitrogens is 1. The first-order chi connectivity index (χ1) is 7.45. The molecule has 1 aliphatic rings. The zero-order chi connectivity index (χ0) is 10.1. The van der Waals surface area contributed by atoms with Crippen LogP contribution in [0.5, 0.6) is 0 Å². The first-order valence-electron chi connectivity index (χ1n) is 4.96. The van der Waals surface area contributed by atoms with E-state index < -0.39 is 0 Å². The first-order valence-corrected chi connectivity index (χ1v) is 4.96. The summed E-state index contributed by atoms with van der Waals surface area (Å²) >= 11 is 0. The quantitative estimate of drug-likeness (QED) is 0.702. The van der Waals surface area contributed by atoms with Gasteiger partial charge in [0.2, 0.25) is 0 Å². The summed E-state index contributed by atoms with van der Waals surface area (Å²) in [5, 5.41) is 3.40. The normalized spacial score (nSPS) is 19.9. The molecule has 0 fully saturated rings. The van der Waals surface area contributed by atoms with Gasteiger partial charge >= 0.3 is 0 Å². The lowest BCUT2D eigenvalue weighted by Crippen LogP contribution is -2.31. The third-order valence-corrected chi connectivity index (χ3v) is 2.65.